The van der Waals surface area contributed by atoms with Crippen molar-refractivity contribution < 1.29 is 8.81 Å². The van der Waals surface area contributed by atoms with Crippen molar-refractivity contribution in [3.63, 3.8) is 0 Å². The van der Waals surface area contributed by atoms with Gasteiger partial charge < -0.3 is 8.82 Å². The summed E-state index contributed by atoms with van der Waals surface area (Å²) < 4.78 is 20.0. The quantitative estimate of drug-likeness (QED) is 0.544. The third-order valence-corrected chi connectivity index (χ3v) is 3.45. The van der Waals surface area contributed by atoms with Gasteiger partial charge in [0, 0.05) is 29.1 Å². The molecule has 4 heteroatoms. The minimum Gasteiger partial charge on any atom is -0.472 e. The molecule has 21 heavy (non-hydrogen) atoms. The number of halogens is 1. The molecule has 3 heterocycles. The lowest BCUT2D eigenvalue weighted by Crippen LogP contribution is -1.83. The van der Waals surface area contributed by atoms with Gasteiger partial charge in [0.1, 0.15) is 11.5 Å². The molecule has 0 radical (unpaired) electrons. The van der Waals surface area contributed by atoms with E-state index in [-0.39, 0.29) is 5.82 Å². The summed E-state index contributed by atoms with van der Waals surface area (Å²) in [7, 11) is 0. The first-order valence-corrected chi connectivity index (χ1v) is 6.57. The number of rotatable bonds is 2. The van der Waals surface area contributed by atoms with Gasteiger partial charge in [-0.2, -0.15) is 0 Å². The van der Waals surface area contributed by atoms with E-state index in [9.17, 15) is 4.39 Å². The molecule has 3 aromatic heterocycles. The summed E-state index contributed by atoms with van der Waals surface area (Å²) in [6.45, 7) is 0. The van der Waals surface area contributed by atoms with Crippen LogP contribution in [0.25, 0.3) is 28.0 Å². The maximum atomic E-state index is 13.0. The van der Waals surface area contributed by atoms with Crippen molar-refractivity contribution in [1.29, 1.82) is 0 Å². The normalized spacial score (nSPS) is 11.1. The number of pyridine rings is 1. The van der Waals surface area contributed by atoms with Crippen LogP contribution in [-0.4, -0.2) is 9.38 Å². The molecule has 0 atom stereocenters. The van der Waals surface area contributed by atoms with Crippen LogP contribution in [-0.2, 0) is 0 Å². The third kappa shape index (κ3) is 2.10. The van der Waals surface area contributed by atoms with Crippen LogP contribution < -0.4 is 0 Å². The third-order valence-electron chi connectivity index (χ3n) is 3.45. The summed E-state index contributed by atoms with van der Waals surface area (Å²) in [4.78, 5) is 4.55. The Morgan fingerprint density at radius 1 is 0.857 bits per heavy atom. The Morgan fingerprint density at radius 2 is 1.67 bits per heavy atom. The fourth-order valence-corrected chi connectivity index (χ4v) is 2.35. The highest BCUT2D eigenvalue weighted by molar-refractivity contribution is 5.67. The molecule has 102 valence electrons. The number of fused-ring (bicyclic) bond motifs is 1. The van der Waals surface area contributed by atoms with Gasteiger partial charge in [0.25, 0.3) is 0 Å². The summed E-state index contributed by atoms with van der Waals surface area (Å²) in [6, 6.07) is 12.2. The summed E-state index contributed by atoms with van der Waals surface area (Å²) in [5.41, 5.74) is 4.64. The van der Waals surface area contributed by atoms with Crippen LogP contribution in [0.5, 0.6) is 0 Å². The number of imidazole rings is 1. The maximum Gasteiger partial charge on any atom is 0.137 e. The largest absolute Gasteiger partial charge is 0.472 e. The fourth-order valence-electron chi connectivity index (χ4n) is 2.35. The first-order chi connectivity index (χ1) is 10.3. The highest BCUT2D eigenvalue weighted by Crippen LogP contribution is 2.23. The molecule has 0 saturated heterocycles. The van der Waals surface area contributed by atoms with E-state index in [1.54, 1.807) is 24.7 Å². The molecule has 0 aliphatic rings. The SMILES string of the molecule is Fc1ccc(-c2cn3cc(-c4ccoc4)ccc3n2)cc1. The second kappa shape index (κ2) is 4.59. The van der Waals surface area contributed by atoms with Crippen LogP contribution in [0, 0.1) is 5.82 Å². The van der Waals surface area contributed by atoms with E-state index in [1.165, 1.54) is 12.1 Å². The van der Waals surface area contributed by atoms with Crippen LogP contribution in [0.1, 0.15) is 0 Å². The minimum atomic E-state index is -0.246. The molecule has 1 aromatic carbocycles. The fraction of sp³-hybridized carbons (Fsp3) is 0. The Kier molecular flexibility index (Phi) is 2.60. The highest BCUT2D eigenvalue weighted by Gasteiger charge is 2.06. The van der Waals surface area contributed by atoms with Gasteiger partial charge in [-0.25, -0.2) is 9.37 Å². The van der Waals surface area contributed by atoms with Crippen molar-refractivity contribution in [2.24, 2.45) is 0 Å². The number of hydrogen-bond acceptors (Lipinski definition) is 2. The number of aromatic nitrogens is 2. The van der Waals surface area contributed by atoms with Gasteiger partial charge in [-0.3, -0.25) is 0 Å². The predicted molar refractivity (Wildman–Crippen MR) is 78.3 cm³/mol. The van der Waals surface area contributed by atoms with E-state index in [2.05, 4.69) is 4.98 Å². The van der Waals surface area contributed by atoms with Crippen molar-refractivity contribution in [2.75, 3.05) is 0 Å². The standard InChI is InChI=1S/C17H11FN2O/c18-15-4-1-12(2-5-15)16-10-20-9-13(3-6-17(20)19-16)14-7-8-21-11-14/h1-11H. The lowest BCUT2D eigenvalue weighted by molar-refractivity contribution is 0.568. The van der Waals surface area contributed by atoms with E-state index in [0.29, 0.717) is 0 Å². The Balaban J connectivity index is 1.81. The molecule has 0 amide bonds. The number of nitrogens with zero attached hydrogens (tertiary/aromatic N) is 2. The first kappa shape index (κ1) is 11.9. The van der Waals surface area contributed by atoms with E-state index in [4.69, 9.17) is 4.42 Å². The topological polar surface area (TPSA) is 30.4 Å². The second-order valence-electron chi connectivity index (χ2n) is 4.83. The zero-order valence-corrected chi connectivity index (χ0v) is 11.0. The maximum absolute atomic E-state index is 13.0. The molecule has 4 aromatic rings. The number of hydrogen-bond donors (Lipinski definition) is 0. The Labute approximate surface area is 120 Å². The molecule has 0 fully saturated rings. The summed E-state index contributed by atoms with van der Waals surface area (Å²) in [6.07, 6.45) is 7.29. The molecular formula is C17H11FN2O. The lowest BCUT2D eigenvalue weighted by atomic mass is 10.1. The monoisotopic (exact) mass is 278 g/mol. The van der Waals surface area contributed by atoms with Crippen molar-refractivity contribution >= 4 is 5.65 Å². The molecule has 3 nitrogen and oxygen atoms in total. The average Bonchev–Trinajstić information content (AvgIpc) is 3.16. The molecule has 0 saturated carbocycles. The van der Waals surface area contributed by atoms with Gasteiger partial charge in [-0.1, -0.05) is 0 Å². The van der Waals surface area contributed by atoms with Crippen LogP contribution in [0.3, 0.4) is 0 Å². The summed E-state index contributed by atoms with van der Waals surface area (Å²) >= 11 is 0. The molecular weight excluding hydrogens is 267 g/mol. The van der Waals surface area contributed by atoms with Gasteiger partial charge in [0.2, 0.25) is 0 Å². The van der Waals surface area contributed by atoms with E-state index in [0.717, 1.165) is 28.0 Å². The van der Waals surface area contributed by atoms with Gasteiger partial charge in [-0.15, -0.1) is 0 Å². The van der Waals surface area contributed by atoms with Crippen LogP contribution in [0.4, 0.5) is 4.39 Å². The van der Waals surface area contributed by atoms with Gasteiger partial charge >= 0.3 is 0 Å². The van der Waals surface area contributed by atoms with Crippen molar-refractivity contribution in [3.05, 3.63) is 73.2 Å². The van der Waals surface area contributed by atoms with Gasteiger partial charge in [0.15, 0.2) is 0 Å². The predicted octanol–water partition coefficient (Wildman–Crippen LogP) is 4.40. The van der Waals surface area contributed by atoms with Crippen molar-refractivity contribution in [2.45, 2.75) is 0 Å². The van der Waals surface area contributed by atoms with Crippen molar-refractivity contribution in [1.82, 2.24) is 9.38 Å². The molecule has 0 unspecified atom stereocenters. The highest BCUT2D eigenvalue weighted by atomic mass is 19.1. The molecule has 0 aliphatic carbocycles. The average molecular weight is 278 g/mol. The smallest absolute Gasteiger partial charge is 0.137 e. The van der Waals surface area contributed by atoms with E-state index < -0.39 is 0 Å². The molecule has 4 rings (SSSR count). The van der Waals surface area contributed by atoms with Crippen LogP contribution in [0.15, 0.2) is 71.8 Å². The zero-order valence-electron chi connectivity index (χ0n) is 11.0. The summed E-state index contributed by atoms with van der Waals surface area (Å²) in [5, 5.41) is 0. The summed E-state index contributed by atoms with van der Waals surface area (Å²) in [5.74, 6) is -0.246. The number of furan rings is 1. The molecule has 0 aliphatic heterocycles. The Bertz CT molecular complexity index is 892. The van der Waals surface area contributed by atoms with E-state index in [1.807, 2.05) is 35.0 Å². The van der Waals surface area contributed by atoms with E-state index >= 15 is 0 Å². The van der Waals surface area contributed by atoms with Gasteiger partial charge in [-0.05, 0) is 42.5 Å². The Hall–Kier alpha value is -2.88. The Morgan fingerprint density at radius 3 is 2.43 bits per heavy atom. The molecule has 0 spiro atoms. The zero-order chi connectivity index (χ0) is 14.2. The molecule has 0 N–H and O–H groups in total. The first-order valence-electron chi connectivity index (χ1n) is 6.57. The van der Waals surface area contributed by atoms with Crippen molar-refractivity contribution in [3.8, 4) is 22.4 Å². The van der Waals surface area contributed by atoms with Gasteiger partial charge in [0.05, 0.1) is 18.2 Å². The second-order valence-corrected chi connectivity index (χ2v) is 4.83. The van der Waals surface area contributed by atoms with Crippen LogP contribution >= 0.6 is 0 Å². The van der Waals surface area contributed by atoms with Crippen LogP contribution in [0.2, 0.25) is 0 Å². The number of benzene rings is 1. The molecule has 0 bridgehead atoms. The minimum absolute atomic E-state index is 0.246. The lowest BCUT2D eigenvalue weighted by Gasteiger charge is -1.98.